The van der Waals surface area contributed by atoms with E-state index < -0.39 is 0 Å². The van der Waals surface area contributed by atoms with Crippen molar-refractivity contribution >= 4 is 0 Å². The fourth-order valence-corrected chi connectivity index (χ4v) is 1.99. The molecule has 0 spiro atoms. The van der Waals surface area contributed by atoms with E-state index in [-0.39, 0.29) is 5.41 Å². The van der Waals surface area contributed by atoms with E-state index >= 15 is 0 Å². The molecule has 0 fully saturated rings. The highest BCUT2D eigenvalue weighted by molar-refractivity contribution is 5.31. The quantitative estimate of drug-likeness (QED) is 0.746. The van der Waals surface area contributed by atoms with E-state index in [1.807, 2.05) is 7.05 Å². The van der Waals surface area contributed by atoms with Gasteiger partial charge in [-0.05, 0) is 44.0 Å². The molecule has 1 atom stereocenters. The van der Waals surface area contributed by atoms with Crippen LogP contribution in [0, 0.1) is 19.3 Å². The monoisotopic (exact) mass is 217 g/mol. The summed E-state index contributed by atoms with van der Waals surface area (Å²) >= 11 is 0. The predicted molar refractivity (Wildman–Crippen MR) is 71.9 cm³/mol. The number of aryl methyl sites for hydroxylation is 2. The van der Waals surface area contributed by atoms with Crippen LogP contribution in [0.25, 0.3) is 0 Å². The average Bonchev–Trinajstić information content (AvgIpc) is 2.24. The Hall–Kier alpha value is -1.08. The van der Waals surface area contributed by atoms with Crippen molar-refractivity contribution < 1.29 is 0 Å². The van der Waals surface area contributed by atoms with Gasteiger partial charge >= 0.3 is 0 Å². The molecule has 0 heterocycles. The molecule has 16 heavy (non-hydrogen) atoms. The van der Waals surface area contributed by atoms with Gasteiger partial charge < -0.3 is 5.32 Å². The Balaban J connectivity index is 2.86. The molecule has 0 amide bonds. The largest absolute Gasteiger partial charge is 0.319 e. The van der Waals surface area contributed by atoms with Crippen LogP contribution in [-0.4, -0.2) is 13.6 Å². The molecule has 0 aliphatic carbocycles. The van der Waals surface area contributed by atoms with E-state index in [1.54, 1.807) is 0 Å². The molecule has 1 N–H and O–H groups in total. The van der Waals surface area contributed by atoms with Crippen molar-refractivity contribution in [3.63, 3.8) is 0 Å². The summed E-state index contributed by atoms with van der Waals surface area (Å²) in [7, 11) is 1.99. The SMILES string of the molecule is C=CC(C)(CNC)Cc1ccc(C)c(C)c1. The predicted octanol–water partition coefficient (Wildman–Crippen LogP) is 3.26. The van der Waals surface area contributed by atoms with Crippen LogP contribution < -0.4 is 5.32 Å². The van der Waals surface area contributed by atoms with E-state index in [0.29, 0.717) is 0 Å². The van der Waals surface area contributed by atoms with Gasteiger partial charge in [0.2, 0.25) is 0 Å². The lowest BCUT2D eigenvalue weighted by atomic mass is 9.83. The second kappa shape index (κ2) is 5.31. The van der Waals surface area contributed by atoms with Crippen molar-refractivity contribution in [3.8, 4) is 0 Å². The van der Waals surface area contributed by atoms with Crippen LogP contribution >= 0.6 is 0 Å². The lowest BCUT2D eigenvalue weighted by Gasteiger charge is -2.25. The molecule has 0 aliphatic rings. The summed E-state index contributed by atoms with van der Waals surface area (Å²) in [6.45, 7) is 11.5. The number of hydrogen-bond acceptors (Lipinski definition) is 1. The van der Waals surface area contributed by atoms with Crippen molar-refractivity contribution in [2.75, 3.05) is 13.6 Å². The van der Waals surface area contributed by atoms with Gasteiger partial charge in [-0.3, -0.25) is 0 Å². The van der Waals surface area contributed by atoms with E-state index in [0.717, 1.165) is 13.0 Å². The Labute approximate surface area is 99.6 Å². The molecule has 0 saturated heterocycles. The number of hydrogen-bond donors (Lipinski definition) is 1. The maximum atomic E-state index is 3.95. The second-order valence-electron chi connectivity index (χ2n) is 4.98. The first-order chi connectivity index (χ1) is 7.50. The topological polar surface area (TPSA) is 12.0 Å². The Bertz CT molecular complexity index is 368. The summed E-state index contributed by atoms with van der Waals surface area (Å²) < 4.78 is 0. The lowest BCUT2D eigenvalue weighted by molar-refractivity contribution is 0.406. The highest BCUT2D eigenvalue weighted by atomic mass is 14.8. The molecule has 1 nitrogen and oxygen atoms in total. The third-order valence-corrected chi connectivity index (χ3v) is 3.25. The summed E-state index contributed by atoms with van der Waals surface area (Å²) in [5, 5.41) is 3.23. The summed E-state index contributed by atoms with van der Waals surface area (Å²) in [4.78, 5) is 0. The first kappa shape index (κ1) is 13.0. The minimum atomic E-state index is 0.135. The van der Waals surface area contributed by atoms with Crippen LogP contribution in [-0.2, 0) is 6.42 Å². The number of nitrogens with one attached hydrogen (secondary N) is 1. The fraction of sp³-hybridized carbons (Fsp3) is 0.467. The van der Waals surface area contributed by atoms with E-state index in [4.69, 9.17) is 0 Å². The molecule has 0 radical (unpaired) electrons. The third kappa shape index (κ3) is 3.21. The van der Waals surface area contributed by atoms with Crippen molar-refractivity contribution in [3.05, 3.63) is 47.5 Å². The molecule has 1 aromatic rings. The van der Waals surface area contributed by atoms with E-state index in [9.17, 15) is 0 Å². The van der Waals surface area contributed by atoms with Gasteiger partial charge in [-0.1, -0.05) is 31.2 Å². The van der Waals surface area contributed by atoms with E-state index in [1.165, 1.54) is 16.7 Å². The van der Waals surface area contributed by atoms with Crippen LogP contribution in [0.1, 0.15) is 23.6 Å². The molecule has 0 aliphatic heterocycles. The van der Waals surface area contributed by atoms with Crippen molar-refractivity contribution in [1.82, 2.24) is 5.32 Å². The molecule has 0 bridgehead atoms. The van der Waals surface area contributed by atoms with Gasteiger partial charge in [0.05, 0.1) is 0 Å². The van der Waals surface area contributed by atoms with Gasteiger partial charge in [0, 0.05) is 12.0 Å². The molecular formula is C15H23N. The van der Waals surface area contributed by atoms with Crippen LogP contribution in [0.15, 0.2) is 30.9 Å². The second-order valence-corrected chi connectivity index (χ2v) is 4.98. The zero-order valence-corrected chi connectivity index (χ0v) is 10.9. The van der Waals surface area contributed by atoms with Gasteiger partial charge in [-0.25, -0.2) is 0 Å². The zero-order chi connectivity index (χ0) is 12.2. The smallest absolute Gasteiger partial charge is 0.00400 e. The average molecular weight is 217 g/mol. The summed E-state index contributed by atoms with van der Waals surface area (Å²) in [5.74, 6) is 0. The van der Waals surface area contributed by atoms with Crippen LogP contribution in [0.3, 0.4) is 0 Å². The number of rotatable bonds is 5. The van der Waals surface area contributed by atoms with Gasteiger partial charge in [0.15, 0.2) is 0 Å². The van der Waals surface area contributed by atoms with E-state index in [2.05, 4.69) is 56.9 Å². The Morgan fingerprint density at radius 1 is 1.31 bits per heavy atom. The Morgan fingerprint density at radius 3 is 2.50 bits per heavy atom. The van der Waals surface area contributed by atoms with Gasteiger partial charge in [-0.2, -0.15) is 0 Å². The Kier molecular flexibility index (Phi) is 4.31. The summed E-state index contributed by atoms with van der Waals surface area (Å²) in [6, 6.07) is 6.71. The van der Waals surface area contributed by atoms with Crippen molar-refractivity contribution in [2.45, 2.75) is 27.2 Å². The molecule has 0 aromatic heterocycles. The number of benzene rings is 1. The summed E-state index contributed by atoms with van der Waals surface area (Å²) in [6.07, 6.45) is 3.09. The highest BCUT2D eigenvalue weighted by Crippen LogP contribution is 2.24. The maximum absolute atomic E-state index is 3.95. The molecule has 1 heteroatoms. The minimum absolute atomic E-state index is 0.135. The van der Waals surface area contributed by atoms with Gasteiger partial charge in [0.1, 0.15) is 0 Å². The van der Waals surface area contributed by atoms with Gasteiger partial charge in [0.25, 0.3) is 0 Å². The molecule has 1 rings (SSSR count). The fourth-order valence-electron chi connectivity index (χ4n) is 1.99. The first-order valence-corrected chi connectivity index (χ1v) is 5.85. The normalized spacial score (nSPS) is 14.5. The zero-order valence-electron chi connectivity index (χ0n) is 10.9. The highest BCUT2D eigenvalue weighted by Gasteiger charge is 2.19. The molecule has 1 aromatic carbocycles. The van der Waals surface area contributed by atoms with Crippen molar-refractivity contribution in [2.24, 2.45) is 5.41 Å². The Morgan fingerprint density at radius 2 is 2.00 bits per heavy atom. The molecule has 1 unspecified atom stereocenters. The molecule has 88 valence electrons. The van der Waals surface area contributed by atoms with Gasteiger partial charge in [-0.15, -0.1) is 6.58 Å². The third-order valence-electron chi connectivity index (χ3n) is 3.25. The van der Waals surface area contributed by atoms with Crippen LogP contribution in [0.4, 0.5) is 0 Å². The molecular weight excluding hydrogens is 194 g/mol. The maximum Gasteiger partial charge on any atom is 0.00400 e. The molecule has 0 saturated carbocycles. The first-order valence-electron chi connectivity index (χ1n) is 5.85. The van der Waals surface area contributed by atoms with Crippen LogP contribution in [0.5, 0.6) is 0 Å². The summed E-state index contributed by atoms with van der Waals surface area (Å²) in [5.41, 5.74) is 4.25. The van der Waals surface area contributed by atoms with Crippen LogP contribution in [0.2, 0.25) is 0 Å². The minimum Gasteiger partial charge on any atom is -0.319 e. The standard InChI is InChI=1S/C15H23N/c1-6-15(4,11-16-5)10-14-8-7-12(2)13(3)9-14/h6-9,16H,1,10-11H2,2-5H3. The lowest BCUT2D eigenvalue weighted by Crippen LogP contribution is -2.29. The van der Waals surface area contributed by atoms with Crippen molar-refractivity contribution in [1.29, 1.82) is 0 Å².